The van der Waals surface area contributed by atoms with E-state index in [4.69, 9.17) is 0 Å². The van der Waals surface area contributed by atoms with E-state index >= 15 is 0 Å². The minimum atomic E-state index is -0.0954. The predicted molar refractivity (Wildman–Crippen MR) is 97.9 cm³/mol. The van der Waals surface area contributed by atoms with E-state index in [2.05, 4.69) is 39.0 Å². The van der Waals surface area contributed by atoms with Crippen molar-refractivity contribution in [3.63, 3.8) is 0 Å². The maximum atomic E-state index is 12.0. The number of hydrogen-bond donors (Lipinski definition) is 2. The van der Waals surface area contributed by atoms with E-state index in [1.54, 1.807) is 23.5 Å². The van der Waals surface area contributed by atoms with Gasteiger partial charge in [-0.2, -0.15) is 0 Å². The van der Waals surface area contributed by atoms with E-state index in [1.807, 2.05) is 31.4 Å². The number of aromatic nitrogens is 2. The van der Waals surface area contributed by atoms with Crippen LogP contribution >= 0.6 is 11.3 Å². The number of amides is 1. The van der Waals surface area contributed by atoms with Gasteiger partial charge < -0.3 is 10.6 Å². The van der Waals surface area contributed by atoms with Gasteiger partial charge in [-0.1, -0.05) is 18.2 Å². The number of thiophene rings is 1. The molecule has 1 amide bonds. The summed E-state index contributed by atoms with van der Waals surface area (Å²) in [6.07, 6.45) is 0.349. The van der Waals surface area contributed by atoms with Crippen molar-refractivity contribution in [3.8, 4) is 0 Å². The van der Waals surface area contributed by atoms with Crippen LogP contribution in [0.2, 0.25) is 0 Å². The molecule has 0 radical (unpaired) electrons. The highest BCUT2D eigenvalue weighted by atomic mass is 32.1. The average molecular weight is 338 g/mol. The molecule has 0 bridgehead atoms. The quantitative estimate of drug-likeness (QED) is 0.735. The summed E-state index contributed by atoms with van der Waals surface area (Å²) in [6, 6.07) is 13.6. The first-order valence-electron chi connectivity index (χ1n) is 7.60. The van der Waals surface area contributed by atoms with Crippen molar-refractivity contribution in [1.82, 2.24) is 10.2 Å². The van der Waals surface area contributed by atoms with Crippen LogP contribution in [0.25, 0.3) is 0 Å². The van der Waals surface area contributed by atoms with E-state index < -0.39 is 0 Å². The van der Waals surface area contributed by atoms with Crippen LogP contribution in [-0.2, 0) is 11.2 Å². The first-order chi connectivity index (χ1) is 11.6. The second-order valence-electron chi connectivity index (χ2n) is 5.55. The number of rotatable bonds is 5. The zero-order valence-electron chi connectivity index (χ0n) is 13.5. The highest BCUT2D eigenvalue weighted by Gasteiger charge is 2.07. The molecule has 0 spiro atoms. The lowest BCUT2D eigenvalue weighted by molar-refractivity contribution is -0.115. The summed E-state index contributed by atoms with van der Waals surface area (Å²) in [5, 5.41) is 16.1. The maximum Gasteiger partial charge on any atom is 0.230 e. The molecule has 0 unspecified atom stereocenters. The first-order valence-corrected chi connectivity index (χ1v) is 8.48. The number of benzene rings is 1. The lowest BCUT2D eigenvalue weighted by Gasteiger charge is -2.10. The minimum Gasteiger partial charge on any atom is -0.339 e. The van der Waals surface area contributed by atoms with Gasteiger partial charge in [0, 0.05) is 10.6 Å². The second-order valence-corrected chi connectivity index (χ2v) is 6.58. The van der Waals surface area contributed by atoms with Gasteiger partial charge in [0.2, 0.25) is 5.91 Å². The van der Waals surface area contributed by atoms with Gasteiger partial charge in [0.05, 0.1) is 6.42 Å². The predicted octanol–water partition coefficient (Wildman–Crippen LogP) is 4.08. The van der Waals surface area contributed by atoms with Gasteiger partial charge in [0.15, 0.2) is 11.6 Å². The number of anilines is 3. The van der Waals surface area contributed by atoms with E-state index in [0.717, 1.165) is 16.1 Å². The summed E-state index contributed by atoms with van der Waals surface area (Å²) in [6.45, 7) is 4.08. The number of aryl methyl sites for hydroxylation is 2. The minimum absolute atomic E-state index is 0.0954. The molecule has 24 heavy (non-hydrogen) atoms. The summed E-state index contributed by atoms with van der Waals surface area (Å²) in [4.78, 5) is 13.0. The molecule has 5 nitrogen and oxygen atoms in total. The summed E-state index contributed by atoms with van der Waals surface area (Å²) < 4.78 is 0. The molecule has 0 aliphatic rings. The summed E-state index contributed by atoms with van der Waals surface area (Å²) in [5.74, 6) is 0.991. The molecule has 2 heterocycles. The Morgan fingerprint density at radius 2 is 1.88 bits per heavy atom. The van der Waals surface area contributed by atoms with E-state index in [1.165, 1.54) is 5.56 Å². The van der Waals surface area contributed by atoms with E-state index in [-0.39, 0.29) is 5.91 Å². The van der Waals surface area contributed by atoms with E-state index in [0.29, 0.717) is 18.1 Å². The fraction of sp³-hybridized carbons (Fsp3) is 0.167. The Hall–Kier alpha value is -2.73. The lowest BCUT2D eigenvalue weighted by Crippen LogP contribution is -2.15. The normalized spacial score (nSPS) is 10.4. The largest absolute Gasteiger partial charge is 0.339 e. The number of carbonyl (C=O) groups excluding carboxylic acids is 1. The zero-order valence-corrected chi connectivity index (χ0v) is 14.4. The Kier molecular flexibility index (Phi) is 4.86. The SMILES string of the molecule is Cc1ccc(C)c(Nc2ccc(NC(=O)Cc3cccs3)nn2)c1. The van der Waals surface area contributed by atoms with Gasteiger partial charge in [0.25, 0.3) is 0 Å². The molecule has 0 aliphatic carbocycles. The van der Waals surface area contributed by atoms with Crippen LogP contribution in [0.3, 0.4) is 0 Å². The highest BCUT2D eigenvalue weighted by Crippen LogP contribution is 2.20. The molecule has 0 saturated heterocycles. The molecule has 1 aromatic carbocycles. The van der Waals surface area contributed by atoms with Crippen molar-refractivity contribution >= 4 is 34.6 Å². The van der Waals surface area contributed by atoms with Gasteiger partial charge in [-0.15, -0.1) is 21.5 Å². The van der Waals surface area contributed by atoms with Crippen molar-refractivity contribution < 1.29 is 4.79 Å². The highest BCUT2D eigenvalue weighted by molar-refractivity contribution is 7.10. The summed E-state index contributed by atoms with van der Waals surface area (Å²) in [7, 11) is 0. The number of hydrogen-bond acceptors (Lipinski definition) is 5. The number of nitrogens with one attached hydrogen (secondary N) is 2. The van der Waals surface area contributed by atoms with Crippen molar-refractivity contribution in [2.75, 3.05) is 10.6 Å². The molecule has 0 saturated carbocycles. The molecule has 2 aromatic heterocycles. The Bertz CT molecular complexity index is 829. The maximum absolute atomic E-state index is 12.0. The Balaban J connectivity index is 1.62. The molecule has 2 N–H and O–H groups in total. The van der Waals surface area contributed by atoms with Crippen LogP contribution in [0.15, 0.2) is 47.8 Å². The Morgan fingerprint density at radius 3 is 2.58 bits per heavy atom. The summed E-state index contributed by atoms with van der Waals surface area (Å²) in [5.41, 5.74) is 3.31. The van der Waals surface area contributed by atoms with Crippen molar-refractivity contribution in [3.05, 3.63) is 63.8 Å². The second kappa shape index (κ2) is 7.23. The monoisotopic (exact) mass is 338 g/mol. The smallest absolute Gasteiger partial charge is 0.230 e. The van der Waals surface area contributed by atoms with Crippen LogP contribution in [0.1, 0.15) is 16.0 Å². The molecule has 122 valence electrons. The van der Waals surface area contributed by atoms with Crippen LogP contribution in [0.4, 0.5) is 17.3 Å². The first kappa shape index (κ1) is 16.1. The fourth-order valence-electron chi connectivity index (χ4n) is 2.23. The van der Waals surface area contributed by atoms with Crippen molar-refractivity contribution in [2.45, 2.75) is 20.3 Å². The van der Waals surface area contributed by atoms with Gasteiger partial charge >= 0.3 is 0 Å². The molecular formula is C18H18N4OS. The Morgan fingerprint density at radius 1 is 1.08 bits per heavy atom. The third-order valence-electron chi connectivity index (χ3n) is 3.50. The number of carbonyl (C=O) groups is 1. The van der Waals surface area contributed by atoms with E-state index in [9.17, 15) is 4.79 Å². The Labute approximate surface area is 144 Å². The van der Waals surface area contributed by atoms with Crippen molar-refractivity contribution in [2.24, 2.45) is 0 Å². The molecule has 6 heteroatoms. The van der Waals surface area contributed by atoms with Gasteiger partial charge in [-0.3, -0.25) is 4.79 Å². The molecule has 0 atom stereocenters. The average Bonchev–Trinajstić information content (AvgIpc) is 3.05. The van der Waals surface area contributed by atoms with Gasteiger partial charge in [-0.25, -0.2) is 0 Å². The fourth-order valence-corrected chi connectivity index (χ4v) is 2.94. The van der Waals surface area contributed by atoms with Crippen LogP contribution in [-0.4, -0.2) is 16.1 Å². The number of nitrogens with zero attached hydrogens (tertiary/aromatic N) is 2. The van der Waals surface area contributed by atoms with Crippen LogP contribution in [0.5, 0.6) is 0 Å². The topological polar surface area (TPSA) is 66.9 Å². The standard InChI is InChI=1S/C18H18N4OS/c1-12-5-6-13(2)15(10-12)19-16-7-8-17(22-21-16)20-18(23)11-14-4-3-9-24-14/h3-10H,11H2,1-2H3,(H,19,21)(H,20,22,23). The lowest BCUT2D eigenvalue weighted by atomic mass is 10.1. The van der Waals surface area contributed by atoms with Gasteiger partial charge in [0.1, 0.15) is 0 Å². The molecule has 3 aromatic rings. The van der Waals surface area contributed by atoms with Crippen molar-refractivity contribution in [1.29, 1.82) is 0 Å². The van der Waals surface area contributed by atoms with Crippen LogP contribution < -0.4 is 10.6 Å². The molecule has 3 rings (SSSR count). The third kappa shape index (κ3) is 4.17. The molecule has 0 aliphatic heterocycles. The van der Waals surface area contributed by atoms with Gasteiger partial charge in [-0.05, 0) is 54.6 Å². The zero-order chi connectivity index (χ0) is 16.9. The molecular weight excluding hydrogens is 320 g/mol. The van der Waals surface area contributed by atoms with Crippen LogP contribution in [0, 0.1) is 13.8 Å². The third-order valence-corrected chi connectivity index (χ3v) is 4.38. The molecule has 0 fully saturated rings. The summed E-state index contributed by atoms with van der Waals surface area (Å²) >= 11 is 1.56.